The van der Waals surface area contributed by atoms with Gasteiger partial charge in [-0.2, -0.15) is 0 Å². The lowest BCUT2D eigenvalue weighted by atomic mass is 9.83. The van der Waals surface area contributed by atoms with Crippen LogP contribution in [0.5, 0.6) is 0 Å². The van der Waals surface area contributed by atoms with Crippen molar-refractivity contribution in [3.8, 4) is 0 Å². The van der Waals surface area contributed by atoms with E-state index in [0.717, 1.165) is 0 Å². The molecule has 0 radical (unpaired) electrons. The number of esters is 2. The average molecular weight is 451 g/mol. The van der Waals surface area contributed by atoms with Gasteiger partial charge in [-0.1, -0.05) is 30.4 Å². The summed E-state index contributed by atoms with van der Waals surface area (Å²) in [5, 5.41) is 0. The number of ether oxygens (including phenoxy) is 2. The number of rotatable bonds is 6. The van der Waals surface area contributed by atoms with Crippen LogP contribution >= 0.6 is 0 Å². The third-order valence-electron chi connectivity index (χ3n) is 5.15. The third-order valence-corrected chi connectivity index (χ3v) is 6.89. The smallest absolute Gasteiger partial charge is 0.324 e. The molecule has 0 bridgehead atoms. The van der Waals surface area contributed by atoms with Crippen molar-refractivity contribution < 1.29 is 27.5 Å². The summed E-state index contributed by atoms with van der Waals surface area (Å²) >= 11 is 0. The van der Waals surface area contributed by atoms with E-state index in [4.69, 9.17) is 9.47 Å². The molecule has 1 aromatic rings. The first-order chi connectivity index (χ1) is 14.1. The SMILES string of the molecule is C=C(CS(=O)(=O)c1ccccc1)C1CCC(C(=O)OC(C)(C)C)(C(=O)OC(C)(C)C)C1. The summed E-state index contributed by atoms with van der Waals surface area (Å²) in [6, 6.07) is 8.18. The van der Waals surface area contributed by atoms with Crippen LogP contribution in [0.25, 0.3) is 0 Å². The maximum Gasteiger partial charge on any atom is 0.324 e. The summed E-state index contributed by atoms with van der Waals surface area (Å²) in [6.07, 6.45) is 0.813. The Labute approximate surface area is 185 Å². The van der Waals surface area contributed by atoms with Crippen LogP contribution in [0.4, 0.5) is 0 Å². The van der Waals surface area contributed by atoms with E-state index in [-0.39, 0.29) is 29.4 Å². The zero-order chi connectivity index (χ0) is 23.7. The quantitative estimate of drug-likeness (QED) is 0.361. The molecule has 1 saturated carbocycles. The Morgan fingerprint density at radius 2 is 1.48 bits per heavy atom. The number of carbonyl (C=O) groups excluding carboxylic acids is 2. The first kappa shape index (κ1) is 25.1. The largest absolute Gasteiger partial charge is 0.459 e. The molecule has 172 valence electrons. The highest BCUT2D eigenvalue weighted by atomic mass is 32.2. The zero-order valence-electron chi connectivity index (χ0n) is 19.4. The van der Waals surface area contributed by atoms with Gasteiger partial charge in [0.25, 0.3) is 0 Å². The first-order valence-electron chi connectivity index (χ1n) is 10.5. The van der Waals surface area contributed by atoms with E-state index in [9.17, 15) is 18.0 Å². The summed E-state index contributed by atoms with van der Waals surface area (Å²) in [4.78, 5) is 26.5. The fourth-order valence-electron chi connectivity index (χ4n) is 3.67. The molecular formula is C24H34O6S. The lowest BCUT2D eigenvalue weighted by molar-refractivity contribution is -0.185. The number of carbonyl (C=O) groups is 2. The molecular weight excluding hydrogens is 416 g/mol. The van der Waals surface area contributed by atoms with Gasteiger partial charge in [0.2, 0.25) is 0 Å². The van der Waals surface area contributed by atoms with Crippen molar-refractivity contribution in [2.75, 3.05) is 5.75 Å². The van der Waals surface area contributed by atoms with Crippen molar-refractivity contribution in [2.24, 2.45) is 11.3 Å². The Kier molecular flexibility index (Phi) is 7.10. The molecule has 0 amide bonds. The average Bonchev–Trinajstić information content (AvgIpc) is 3.06. The molecule has 0 spiro atoms. The first-order valence-corrected chi connectivity index (χ1v) is 12.1. The predicted molar refractivity (Wildman–Crippen MR) is 119 cm³/mol. The number of hydrogen-bond donors (Lipinski definition) is 0. The summed E-state index contributed by atoms with van der Waals surface area (Å²) in [5.41, 5.74) is -2.52. The molecule has 0 aliphatic heterocycles. The van der Waals surface area contributed by atoms with Gasteiger partial charge in [0.15, 0.2) is 15.3 Å². The summed E-state index contributed by atoms with van der Waals surface area (Å²) in [5.74, 6) is -1.80. The van der Waals surface area contributed by atoms with Crippen LogP contribution in [0.3, 0.4) is 0 Å². The Morgan fingerprint density at radius 1 is 1.00 bits per heavy atom. The Balaban J connectivity index is 2.26. The Hall–Kier alpha value is -2.15. The minimum Gasteiger partial charge on any atom is -0.459 e. The van der Waals surface area contributed by atoms with Gasteiger partial charge in [-0.05, 0) is 78.9 Å². The molecule has 0 saturated heterocycles. The Bertz CT molecular complexity index is 905. The van der Waals surface area contributed by atoms with Crippen LogP contribution in [0.15, 0.2) is 47.4 Å². The van der Waals surface area contributed by atoms with Crippen molar-refractivity contribution in [3.05, 3.63) is 42.5 Å². The Morgan fingerprint density at radius 3 is 1.94 bits per heavy atom. The normalized spacial score (nSPS) is 19.0. The molecule has 2 rings (SSSR count). The number of benzene rings is 1. The van der Waals surface area contributed by atoms with Crippen molar-refractivity contribution in [3.63, 3.8) is 0 Å². The molecule has 1 atom stereocenters. The van der Waals surface area contributed by atoms with Crippen LogP contribution in [0, 0.1) is 11.3 Å². The number of sulfone groups is 1. The van der Waals surface area contributed by atoms with Crippen LogP contribution in [-0.2, 0) is 28.9 Å². The molecule has 0 N–H and O–H groups in total. The van der Waals surface area contributed by atoms with Gasteiger partial charge < -0.3 is 9.47 Å². The molecule has 1 aromatic carbocycles. The molecule has 1 aliphatic carbocycles. The zero-order valence-corrected chi connectivity index (χ0v) is 20.2. The highest BCUT2D eigenvalue weighted by molar-refractivity contribution is 7.91. The van der Waals surface area contributed by atoms with Crippen molar-refractivity contribution >= 4 is 21.8 Å². The van der Waals surface area contributed by atoms with Gasteiger partial charge in [-0.15, -0.1) is 0 Å². The predicted octanol–water partition coefficient (Wildman–Crippen LogP) is 4.49. The minimum absolute atomic E-state index is 0.125. The van der Waals surface area contributed by atoms with Crippen molar-refractivity contribution in [1.82, 2.24) is 0 Å². The van der Waals surface area contributed by atoms with Crippen LogP contribution < -0.4 is 0 Å². The van der Waals surface area contributed by atoms with E-state index in [1.807, 2.05) is 0 Å². The highest BCUT2D eigenvalue weighted by Crippen LogP contribution is 2.47. The molecule has 1 fully saturated rings. The second kappa shape index (κ2) is 8.77. The van der Waals surface area contributed by atoms with Gasteiger partial charge in [0.1, 0.15) is 11.2 Å². The van der Waals surface area contributed by atoms with Crippen LogP contribution in [0.2, 0.25) is 0 Å². The van der Waals surface area contributed by atoms with Gasteiger partial charge in [0.05, 0.1) is 10.6 Å². The molecule has 0 heterocycles. The van der Waals surface area contributed by atoms with E-state index in [2.05, 4.69) is 6.58 Å². The van der Waals surface area contributed by atoms with Crippen LogP contribution in [0.1, 0.15) is 60.8 Å². The third kappa shape index (κ3) is 6.42. The van der Waals surface area contributed by atoms with E-state index in [1.54, 1.807) is 71.9 Å². The summed E-state index contributed by atoms with van der Waals surface area (Å²) < 4.78 is 36.7. The molecule has 7 heteroatoms. The van der Waals surface area contributed by atoms with E-state index < -0.39 is 38.4 Å². The molecule has 1 unspecified atom stereocenters. The van der Waals surface area contributed by atoms with E-state index in [1.165, 1.54) is 0 Å². The summed E-state index contributed by atoms with van der Waals surface area (Å²) in [7, 11) is -3.56. The van der Waals surface area contributed by atoms with Gasteiger partial charge in [-0.3, -0.25) is 9.59 Å². The van der Waals surface area contributed by atoms with Crippen molar-refractivity contribution in [2.45, 2.75) is 76.9 Å². The topological polar surface area (TPSA) is 86.7 Å². The van der Waals surface area contributed by atoms with E-state index >= 15 is 0 Å². The van der Waals surface area contributed by atoms with Gasteiger partial charge >= 0.3 is 11.9 Å². The van der Waals surface area contributed by atoms with Crippen LogP contribution in [-0.4, -0.2) is 37.3 Å². The molecule has 6 nitrogen and oxygen atoms in total. The second-order valence-electron chi connectivity index (χ2n) is 10.3. The van der Waals surface area contributed by atoms with E-state index in [0.29, 0.717) is 12.0 Å². The fourth-order valence-corrected chi connectivity index (χ4v) is 5.13. The second-order valence-corrected chi connectivity index (χ2v) is 12.2. The van der Waals surface area contributed by atoms with Gasteiger partial charge in [-0.25, -0.2) is 8.42 Å². The highest BCUT2D eigenvalue weighted by Gasteiger charge is 2.56. The minimum atomic E-state index is -3.56. The lowest BCUT2D eigenvalue weighted by Gasteiger charge is -2.32. The van der Waals surface area contributed by atoms with Crippen molar-refractivity contribution in [1.29, 1.82) is 0 Å². The maximum absolute atomic E-state index is 13.1. The number of hydrogen-bond acceptors (Lipinski definition) is 6. The molecule has 31 heavy (non-hydrogen) atoms. The lowest BCUT2D eigenvalue weighted by Crippen LogP contribution is -2.45. The monoisotopic (exact) mass is 450 g/mol. The van der Waals surface area contributed by atoms with Gasteiger partial charge in [0, 0.05) is 0 Å². The fraction of sp³-hybridized carbons (Fsp3) is 0.583. The standard InChI is InChI=1S/C24H34O6S/c1-17(16-31(27,28)19-11-9-8-10-12-19)18-13-14-24(15-18,20(25)29-22(2,3)4)21(26)30-23(5,6)7/h8-12,18H,1,13-16H2,2-7H3. The maximum atomic E-state index is 13.1. The summed E-state index contributed by atoms with van der Waals surface area (Å²) in [6.45, 7) is 14.4. The molecule has 0 aromatic heterocycles. The molecule has 1 aliphatic rings.